The van der Waals surface area contributed by atoms with Crippen LogP contribution in [0.1, 0.15) is 6.92 Å². The third-order valence-corrected chi connectivity index (χ3v) is 1.05. The van der Waals surface area contributed by atoms with Gasteiger partial charge in [0.1, 0.15) is 0 Å². The van der Waals surface area contributed by atoms with Crippen molar-refractivity contribution in [2.75, 3.05) is 0 Å². The van der Waals surface area contributed by atoms with E-state index in [1.54, 1.807) is 12.8 Å². The second kappa shape index (κ2) is 5.76. The highest BCUT2D eigenvalue weighted by Gasteiger charge is 2.00. The predicted molar refractivity (Wildman–Crippen MR) is 42.8 cm³/mol. The molecule has 0 N–H and O–H groups in total. The van der Waals surface area contributed by atoms with Crippen LogP contribution >= 0.6 is 0 Å². The van der Waals surface area contributed by atoms with E-state index < -0.39 is 0 Å². The zero-order valence-electron chi connectivity index (χ0n) is 6.20. The molecular weight excluding hydrogens is 120 g/mol. The van der Waals surface area contributed by atoms with Crippen molar-refractivity contribution in [3.63, 3.8) is 0 Å². The first kappa shape index (κ1) is 10.0. The van der Waals surface area contributed by atoms with E-state index in [9.17, 15) is 0 Å². The highest BCUT2D eigenvalue weighted by Crippen LogP contribution is 2.09. The minimum atomic E-state index is -0.389. The van der Waals surface area contributed by atoms with Crippen LogP contribution in [0.4, 0.5) is 0 Å². The maximum atomic E-state index is 5.52. The summed E-state index contributed by atoms with van der Waals surface area (Å²) >= 11 is 0. The zero-order valence-corrected chi connectivity index (χ0v) is 6.20. The Labute approximate surface area is 66.0 Å². The Morgan fingerprint density at radius 2 is 1.70 bits per heavy atom. The van der Waals surface area contributed by atoms with Crippen LogP contribution in [0.25, 0.3) is 0 Å². The van der Waals surface area contributed by atoms with E-state index in [2.05, 4.69) is 0 Å². The average molecular weight is 132 g/mol. The van der Waals surface area contributed by atoms with E-state index in [0.717, 1.165) is 0 Å². The van der Waals surface area contributed by atoms with Crippen molar-refractivity contribution < 1.29 is 0 Å². The normalized spacial score (nSPS) is 14.1. The van der Waals surface area contributed by atoms with Crippen molar-refractivity contribution in [1.82, 2.24) is 0 Å². The molecule has 1 atom stereocenters. The maximum Gasteiger partial charge on any atom is -0.0312 e. The summed E-state index contributed by atoms with van der Waals surface area (Å²) in [5.41, 5.74) is 0. The summed E-state index contributed by atoms with van der Waals surface area (Å²) in [5.74, 6) is -0.393. The summed E-state index contributed by atoms with van der Waals surface area (Å²) in [6, 6.07) is 0. The maximum absolute atomic E-state index is 5.52. The van der Waals surface area contributed by atoms with Crippen molar-refractivity contribution >= 4 is 0 Å². The van der Waals surface area contributed by atoms with Gasteiger partial charge in [0.2, 0.25) is 0 Å². The van der Waals surface area contributed by atoms with Gasteiger partial charge in [0.15, 0.2) is 0 Å². The molecule has 0 aliphatic heterocycles. The standard InChI is InChI=1S/C10H12/c1-5-10(4)8-6-7-9(2)3/h2-10H,1H3/t10-/m0/s1. The molecule has 0 saturated heterocycles. The molecule has 0 aliphatic carbocycles. The molecule has 0 aromatic heterocycles. The molecule has 0 aliphatic rings. The largest absolute Gasteiger partial charge is 0.0620 e. The molecule has 0 heterocycles. The first-order valence-corrected chi connectivity index (χ1v) is 3.24. The van der Waals surface area contributed by atoms with Gasteiger partial charge in [0.25, 0.3) is 0 Å². The summed E-state index contributed by atoms with van der Waals surface area (Å²) in [5, 5.41) is 0. The molecule has 0 heteroatoms. The molecule has 0 saturated carbocycles. The second-order valence-electron chi connectivity index (χ2n) is 2.07. The van der Waals surface area contributed by atoms with E-state index in [1.165, 1.54) is 0 Å². The Kier molecular flexibility index (Phi) is 5.76. The fraction of sp³-hybridized carbons (Fsp3) is 0.300. The minimum absolute atomic E-state index is 0.00463. The van der Waals surface area contributed by atoms with Crippen molar-refractivity contribution in [3.8, 4) is 0 Å². The predicted octanol–water partition coefficient (Wildman–Crippen LogP) is 2.19. The third kappa shape index (κ3) is 6.12. The monoisotopic (exact) mass is 132 g/mol. The fourth-order valence-corrected chi connectivity index (χ4v) is 0.432. The van der Waals surface area contributed by atoms with E-state index in [0.29, 0.717) is 0 Å². The molecule has 0 spiro atoms. The molecule has 10 radical (unpaired) electrons. The molecule has 0 aromatic rings. The van der Waals surface area contributed by atoms with E-state index in [4.69, 9.17) is 20.8 Å². The summed E-state index contributed by atoms with van der Waals surface area (Å²) in [6.45, 7) is 17.9. The second-order valence-corrected chi connectivity index (χ2v) is 2.07. The lowest BCUT2D eigenvalue weighted by molar-refractivity contribution is 0.858. The van der Waals surface area contributed by atoms with Crippen LogP contribution in [0.15, 0.2) is 0 Å². The van der Waals surface area contributed by atoms with Crippen LogP contribution in [0.3, 0.4) is 0 Å². The Hall–Kier alpha value is 0. The van der Waals surface area contributed by atoms with E-state index in [1.807, 2.05) is 19.8 Å². The fourth-order valence-electron chi connectivity index (χ4n) is 0.432. The molecular formula is C10H12. The van der Waals surface area contributed by atoms with Crippen molar-refractivity contribution in [2.24, 2.45) is 11.8 Å². The highest BCUT2D eigenvalue weighted by atomic mass is 14.0. The summed E-state index contributed by atoms with van der Waals surface area (Å²) in [4.78, 5) is 0. The molecule has 0 nitrogen and oxygen atoms in total. The topological polar surface area (TPSA) is 0 Å². The molecule has 0 fully saturated rings. The van der Waals surface area contributed by atoms with Crippen LogP contribution in [0.5, 0.6) is 0 Å². The Morgan fingerprint density at radius 3 is 2.10 bits per heavy atom. The number of hydrogen-bond donors (Lipinski definition) is 0. The van der Waals surface area contributed by atoms with Gasteiger partial charge in [-0.25, -0.2) is 0 Å². The lowest BCUT2D eigenvalue weighted by Crippen LogP contribution is -1.98. The van der Waals surface area contributed by atoms with Crippen LogP contribution in [0, 0.1) is 58.3 Å². The quantitative estimate of drug-likeness (QED) is 0.538. The van der Waals surface area contributed by atoms with Crippen LogP contribution in [-0.2, 0) is 0 Å². The lowest BCUT2D eigenvalue weighted by atomic mass is 9.98. The number of hydrogen-bond acceptors (Lipinski definition) is 0. The van der Waals surface area contributed by atoms with Gasteiger partial charge in [-0.05, 0) is 58.3 Å². The minimum Gasteiger partial charge on any atom is -0.0620 e. The summed E-state index contributed by atoms with van der Waals surface area (Å²) in [6.07, 6.45) is 7.16. The molecule has 10 heavy (non-hydrogen) atoms. The molecule has 52 valence electrons. The van der Waals surface area contributed by atoms with Crippen molar-refractivity contribution in [2.45, 2.75) is 6.92 Å². The summed E-state index contributed by atoms with van der Waals surface area (Å²) < 4.78 is 0. The molecule has 0 amide bonds. The van der Waals surface area contributed by atoms with Gasteiger partial charge < -0.3 is 0 Å². The Balaban J connectivity index is 3.03. The highest BCUT2D eigenvalue weighted by molar-refractivity contribution is 5.06. The van der Waals surface area contributed by atoms with E-state index >= 15 is 0 Å². The van der Waals surface area contributed by atoms with Crippen molar-refractivity contribution in [1.29, 1.82) is 0 Å². The zero-order chi connectivity index (χ0) is 7.98. The van der Waals surface area contributed by atoms with Gasteiger partial charge in [-0.3, -0.25) is 0 Å². The molecule has 0 rings (SSSR count). The lowest BCUT2D eigenvalue weighted by Gasteiger charge is -2.06. The van der Waals surface area contributed by atoms with Crippen LogP contribution in [-0.4, -0.2) is 0 Å². The third-order valence-electron chi connectivity index (χ3n) is 1.05. The van der Waals surface area contributed by atoms with Crippen LogP contribution in [0.2, 0.25) is 0 Å². The Bertz CT molecular complexity index is 64.4. The first-order chi connectivity index (χ1) is 4.66. The number of rotatable bonds is 5. The average Bonchev–Trinajstić information content (AvgIpc) is 1.87. The van der Waals surface area contributed by atoms with Gasteiger partial charge in [0, 0.05) is 0 Å². The van der Waals surface area contributed by atoms with Gasteiger partial charge in [-0.1, -0.05) is 6.92 Å². The summed E-state index contributed by atoms with van der Waals surface area (Å²) in [7, 11) is 0. The molecule has 0 unspecified atom stereocenters. The van der Waals surface area contributed by atoms with Gasteiger partial charge in [0.05, 0.1) is 0 Å². The molecule has 0 bridgehead atoms. The van der Waals surface area contributed by atoms with Gasteiger partial charge in [-0.2, -0.15) is 0 Å². The first-order valence-electron chi connectivity index (χ1n) is 3.24. The molecule has 0 aromatic carbocycles. The van der Waals surface area contributed by atoms with Gasteiger partial charge >= 0.3 is 0 Å². The van der Waals surface area contributed by atoms with E-state index in [-0.39, 0.29) is 11.8 Å². The SMILES string of the molecule is [CH]C([CH])[CH][CH][CH][C@@H]([CH])[CH]C. The van der Waals surface area contributed by atoms with Gasteiger partial charge in [-0.15, -0.1) is 0 Å². The Morgan fingerprint density at radius 1 is 1.10 bits per heavy atom. The smallest absolute Gasteiger partial charge is 0.0312 e. The van der Waals surface area contributed by atoms with Crippen LogP contribution < -0.4 is 0 Å². The van der Waals surface area contributed by atoms with Crippen molar-refractivity contribution in [3.05, 3.63) is 46.5 Å².